The van der Waals surface area contributed by atoms with E-state index in [1.54, 1.807) is 7.11 Å². The molecule has 1 aliphatic heterocycles. The molecule has 158 valence electrons. The molecule has 0 aliphatic carbocycles. The second-order valence-corrected chi connectivity index (χ2v) is 7.75. The van der Waals surface area contributed by atoms with Crippen molar-refractivity contribution < 1.29 is 23.4 Å². The monoisotopic (exact) mass is 433 g/mol. The summed E-state index contributed by atoms with van der Waals surface area (Å²) in [6.45, 7) is 1.23. The highest BCUT2D eigenvalue weighted by molar-refractivity contribution is 7.99. The van der Waals surface area contributed by atoms with Gasteiger partial charge in [0.1, 0.15) is 23.7 Å². The zero-order valence-corrected chi connectivity index (χ0v) is 17.1. The van der Waals surface area contributed by atoms with E-state index >= 15 is 4.39 Å². The number of hydrogen-bond acceptors (Lipinski definition) is 9. The van der Waals surface area contributed by atoms with Crippen LogP contribution in [0.5, 0.6) is 5.75 Å². The number of nitrogen functional groups attached to an aromatic ring is 1. The summed E-state index contributed by atoms with van der Waals surface area (Å²) in [5.74, 6) is 0.663. The maximum atomic E-state index is 15.2. The second kappa shape index (κ2) is 8.44. The van der Waals surface area contributed by atoms with E-state index in [-0.39, 0.29) is 5.82 Å². The maximum absolute atomic E-state index is 15.2. The molecule has 9 nitrogen and oxygen atoms in total. The number of carbonyl (C=O) groups is 1. The number of imidazole rings is 1. The molecule has 4 atom stereocenters. The summed E-state index contributed by atoms with van der Waals surface area (Å²) in [7, 11) is 1.59. The minimum atomic E-state index is -1.53. The Labute approximate surface area is 175 Å². The third-order valence-corrected chi connectivity index (χ3v) is 5.80. The average Bonchev–Trinajstić information content (AvgIpc) is 3.29. The van der Waals surface area contributed by atoms with Crippen molar-refractivity contribution in [3.05, 3.63) is 36.9 Å². The molecule has 30 heavy (non-hydrogen) atoms. The van der Waals surface area contributed by atoms with E-state index in [9.17, 15) is 4.79 Å². The van der Waals surface area contributed by atoms with Crippen molar-refractivity contribution in [3.63, 3.8) is 0 Å². The molecule has 2 N–H and O–H groups in total. The fourth-order valence-electron chi connectivity index (χ4n) is 3.28. The van der Waals surface area contributed by atoms with Gasteiger partial charge in [-0.25, -0.2) is 19.3 Å². The molecule has 1 aliphatic rings. The van der Waals surface area contributed by atoms with Crippen molar-refractivity contribution in [1.82, 2.24) is 19.5 Å². The summed E-state index contributed by atoms with van der Waals surface area (Å²) >= 11 is 1.44. The summed E-state index contributed by atoms with van der Waals surface area (Å²) in [5.41, 5.74) is 6.58. The molecule has 1 aromatic carbocycles. The number of carbonyl (C=O) groups excluding carboxylic acids is 1. The third-order valence-electron chi connectivity index (χ3n) is 4.70. The van der Waals surface area contributed by atoms with E-state index in [4.69, 9.17) is 19.9 Å². The van der Waals surface area contributed by atoms with Crippen LogP contribution in [0.25, 0.3) is 11.2 Å². The molecule has 3 heterocycles. The number of anilines is 1. The van der Waals surface area contributed by atoms with Gasteiger partial charge >= 0.3 is 5.97 Å². The van der Waals surface area contributed by atoms with Crippen LogP contribution in [-0.4, -0.2) is 56.7 Å². The van der Waals surface area contributed by atoms with Gasteiger partial charge in [0, 0.05) is 17.6 Å². The molecule has 11 heteroatoms. The first-order chi connectivity index (χ1) is 14.5. The van der Waals surface area contributed by atoms with Crippen LogP contribution in [0.2, 0.25) is 0 Å². The Hall–Kier alpha value is -2.92. The summed E-state index contributed by atoms with van der Waals surface area (Å²) < 4.78 is 33.1. The Morgan fingerprint density at radius 3 is 2.77 bits per heavy atom. The van der Waals surface area contributed by atoms with Gasteiger partial charge in [-0.2, -0.15) is 0 Å². The molecule has 3 aromatic rings. The van der Waals surface area contributed by atoms with Crippen LogP contribution in [0.1, 0.15) is 13.2 Å². The van der Waals surface area contributed by atoms with Crippen LogP contribution in [-0.2, 0) is 14.3 Å². The van der Waals surface area contributed by atoms with Crippen molar-refractivity contribution >= 4 is 34.7 Å². The van der Waals surface area contributed by atoms with Gasteiger partial charge in [-0.1, -0.05) is 0 Å². The van der Waals surface area contributed by atoms with Crippen molar-refractivity contribution in [2.75, 3.05) is 18.6 Å². The van der Waals surface area contributed by atoms with Gasteiger partial charge in [-0.3, -0.25) is 9.36 Å². The van der Waals surface area contributed by atoms with Crippen LogP contribution in [0.3, 0.4) is 0 Å². The van der Waals surface area contributed by atoms with E-state index in [2.05, 4.69) is 15.0 Å². The Bertz CT molecular complexity index is 1050. The second-order valence-electron chi connectivity index (χ2n) is 6.65. The van der Waals surface area contributed by atoms with Crippen LogP contribution in [0.15, 0.2) is 41.8 Å². The Morgan fingerprint density at radius 2 is 2.07 bits per heavy atom. The van der Waals surface area contributed by atoms with Gasteiger partial charge in [-0.05, 0) is 24.3 Å². The van der Waals surface area contributed by atoms with E-state index < -0.39 is 30.6 Å². The van der Waals surface area contributed by atoms with Gasteiger partial charge in [0.05, 0.1) is 13.4 Å². The molecular formula is C19H20FN5O4S. The van der Waals surface area contributed by atoms with Crippen LogP contribution in [0.4, 0.5) is 10.2 Å². The number of esters is 1. The minimum absolute atomic E-state index is 0.198. The number of nitrogens with zero attached hydrogens (tertiary/aromatic N) is 4. The lowest BCUT2D eigenvalue weighted by molar-refractivity contribution is -0.154. The van der Waals surface area contributed by atoms with Gasteiger partial charge in [0.25, 0.3) is 0 Å². The highest BCUT2D eigenvalue weighted by atomic mass is 32.2. The molecule has 0 spiro atoms. The maximum Gasteiger partial charge on any atom is 0.303 e. The molecule has 1 fully saturated rings. The lowest BCUT2D eigenvalue weighted by Gasteiger charge is -2.20. The predicted molar refractivity (Wildman–Crippen MR) is 108 cm³/mol. The minimum Gasteiger partial charge on any atom is -0.497 e. The molecular weight excluding hydrogens is 413 g/mol. The standard InChI is InChI=1S/C19H20FN5O4S/c1-10(26)28-16-14(20)13(7-30-12-5-3-11(27-2)4-6-12)29-19(16)25-9-24-15-17(21)22-8-23-18(15)25/h3-6,8-9,13-14,16,19H,7H2,1-2H3,(H2,21,22,23)/t13-,14-,16-,19-/m1/s1. The predicted octanol–water partition coefficient (Wildman–Crippen LogP) is 2.38. The molecule has 1 saturated heterocycles. The van der Waals surface area contributed by atoms with Crippen LogP contribution in [0, 0.1) is 0 Å². The Balaban J connectivity index is 1.56. The van der Waals surface area contributed by atoms with Gasteiger partial charge in [0.15, 0.2) is 30.0 Å². The molecule has 0 bridgehead atoms. The van der Waals surface area contributed by atoms with Gasteiger partial charge in [0.2, 0.25) is 0 Å². The number of ether oxygens (including phenoxy) is 3. The zero-order valence-electron chi connectivity index (χ0n) is 16.3. The van der Waals surface area contributed by atoms with E-state index in [1.807, 2.05) is 24.3 Å². The molecule has 0 saturated carbocycles. The van der Waals surface area contributed by atoms with Gasteiger partial charge in [-0.15, -0.1) is 11.8 Å². The quantitative estimate of drug-likeness (QED) is 0.462. The summed E-state index contributed by atoms with van der Waals surface area (Å²) in [4.78, 5) is 24.8. The van der Waals surface area contributed by atoms with Crippen LogP contribution < -0.4 is 10.5 Å². The summed E-state index contributed by atoms with van der Waals surface area (Å²) in [6.07, 6.45) is -1.68. The molecule has 0 unspecified atom stereocenters. The number of fused-ring (bicyclic) bond motifs is 1. The Kier molecular flexibility index (Phi) is 5.73. The van der Waals surface area contributed by atoms with E-state index in [0.29, 0.717) is 16.9 Å². The zero-order chi connectivity index (χ0) is 21.3. The molecule has 2 aromatic heterocycles. The van der Waals surface area contributed by atoms with Crippen molar-refractivity contribution in [1.29, 1.82) is 0 Å². The number of thioether (sulfide) groups is 1. The largest absolute Gasteiger partial charge is 0.497 e. The number of benzene rings is 1. The third kappa shape index (κ3) is 3.90. The van der Waals surface area contributed by atoms with E-state index in [0.717, 1.165) is 10.6 Å². The van der Waals surface area contributed by atoms with Crippen molar-refractivity contribution in [2.45, 2.75) is 36.4 Å². The van der Waals surface area contributed by atoms with Crippen molar-refractivity contribution in [3.8, 4) is 5.75 Å². The first kappa shape index (κ1) is 20.4. The van der Waals surface area contributed by atoms with Gasteiger partial charge < -0.3 is 19.9 Å². The smallest absolute Gasteiger partial charge is 0.303 e. The lowest BCUT2D eigenvalue weighted by atomic mass is 10.1. The van der Waals surface area contributed by atoms with E-state index in [1.165, 1.54) is 35.9 Å². The molecule has 0 radical (unpaired) electrons. The number of rotatable bonds is 6. The molecule has 0 amide bonds. The SMILES string of the molecule is COc1ccc(SC[C@H]2O[C@@H](n3cnc4c(N)ncnc43)[C@H](OC(C)=O)[C@@H]2F)cc1. The number of halogens is 1. The number of aromatic nitrogens is 4. The number of hydrogen-bond donors (Lipinski definition) is 1. The average molecular weight is 433 g/mol. The Morgan fingerprint density at radius 1 is 1.30 bits per heavy atom. The lowest BCUT2D eigenvalue weighted by Crippen LogP contribution is -2.33. The highest BCUT2D eigenvalue weighted by Crippen LogP contribution is 2.38. The number of methoxy groups -OCH3 is 1. The summed E-state index contributed by atoms with van der Waals surface area (Å²) in [5, 5.41) is 0. The fraction of sp³-hybridized carbons (Fsp3) is 0.368. The highest BCUT2D eigenvalue weighted by Gasteiger charge is 2.48. The molecule has 4 rings (SSSR count). The summed E-state index contributed by atoms with van der Waals surface area (Å²) in [6, 6.07) is 7.43. The number of nitrogens with two attached hydrogens (primary N) is 1. The fourth-order valence-corrected chi connectivity index (χ4v) is 4.22. The first-order valence-electron chi connectivity index (χ1n) is 9.14. The van der Waals surface area contributed by atoms with Crippen molar-refractivity contribution in [2.24, 2.45) is 0 Å². The topological polar surface area (TPSA) is 114 Å². The normalized spacial score (nSPS) is 23.6. The first-order valence-corrected chi connectivity index (χ1v) is 10.1. The van der Waals surface area contributed by atoms with Crippen LogP contribution >= 0.6 is 11.8 Å². The number of alkyl halides is 1.